The third-order valence-electron chi connectivity index (χ3n) is 2.45. The fraction of sp³-hybridized carbons (Fsp3) is 0.100. The molecule has 0 radical (unpaired) electrons. The monoisotopic (exact) mass is 220 g/mol. The van der Waals surface area contributed by atoms with E-state index in [1.165, 1.54) is 12.3 Å². The van der Waals surface area contributed by atoms with Gasteiger partial charge in [0, 0.05) is 17.6 Å². The molecule has 82 valence electrons. The smallest absolute Gasteiger partial charge is 0.337 e. The van der Waals surface area contributed by atoms with E-state index in [9.17, 15) is 14.9 Å². The summed E-state index contributed by atoms with van der Waals surface area (Å²) in [6.07, 6.45) is 1.27. The molecule has 0 aliphatic rings. The van der Waals surface area contributed by atoms with Crippen molar-refractivity contribution in [2.24, 2.45) is 0 Å². The lowest BCUT2D eigenvalue weighted by atomic mass is 10.1. The number of nitro benzene ring substituents is 1. The van der Waals surface area contributed by atoms with E-state index in [4.69, 9.17) is 5.11 Å². The van der Waals surface area contributed by atoms with Crippen LogP contribution >= 0.6 is 0 Å². The van der Waals surface area contributed by atoms with Gasteiger partial charge in [-0.1, -0.05) is 6.07 Å². The molecule has 0 unspecified atom stereocenters. The fourth-order valence-corrected chi connectivity index (χ4v) is 1.73. The minimum atomic E-state index is -1.10. The zero-order valence-electron chi connectivity index (χ0n) is 8.35. The Kier molecular flexibility index (Phi) is 2.12. The van der Waals surface area contributed by atoms with E-state index in [0.29, 0.717) is 10.9 Å². The Morgan fingerprint density at radius 2 is 2.19 bits per heavy atom. The van der Waals surface area contributed by atoms with Gasteiger partial charge in [-0.15, -0.1) is 0 Å². The van der Waals surface area contributed by atoms with Gasteiger partial charge in [0.1, 0.15) is 5.52 Å². The highest BCUT2D eigenvalue weighted by Gasteiger charge is 2.19. The molecule has 2 rings (SSSR count). The van der Waals surface area contributed by atoms with Crippen molar-refractivity contribution in [1.82, 2.24) is 4.98 Å². The number of nitrogens with one attached hydrogen (secondary N) is 1. The first-order valence-corrected chi connectivity index (χ1v) is 4.50. The normalized spacial score (nSPS) is 10.6. The van der Waals surface area contributed by atoms with Gasteiger partial charge in [0.15, 0.2) is 0 Å². The lowest BCUT2D eigenvalue weighted by Gasteiger charge is -1.99. The minimum Gasteiger partial charge on any atom is -0.478 e. The first-order valence-electron chi connectivity index (χ1n) is 4.50. The third-order valence-corrected chi connectivity index (χ3v) is 2.45. The number of aromatic carboxylic acids is 1. The van der Waals surface area contributed by atoms with E-state index in [0.717, 1.165) is 0 Å². The number of nitrogens with zero attached hydrogens (tertiary/aromatic N) is 1. The number of rotatable bonds is 2. The van der Waals surface area contributed by atoms with Gasteiger partial charge in [-0.25, -0.2) is 4.79 Å². The summed E-state index contributed by atoms with van der Waals surface area (Å²) < 4.78 is 0. The van der Waals surface area contributed by atoms with Crippen molar-refractivity contribution in [3.8, 4) is 0 Å². The van der Waals surface area contributed by atoms with Crippen LogP contribution in [0.5, 0.6) is 0 Å². The Balaban J connectivity index is 2.88. The molecule has 1 heterocycles. The Morgan fingerprint density at radius 3 is 2.75 bits per heavy atom. The number of H-pyrrole nitrogens is 1. The summed E-state index contributed by atoms with van der Waals surface area (Å²) in [5, 5.41) is 20.1. The van der Waals surface area contributed by atoms with Gasteiger partial charge >= 0.3 is 5.97 Å². The number of hydrogen-bond donors (Lipinski definition) is 2. The van der Waals surface area contributed by atoms with Crippen LogP contribution in [0.1, 0.15) is 15.9 Å². The van der Waals surface area contributed by atoms with Crippen molar-refractivity contribution in [3.05, 3.63) is 39.6 Å². The van der Waals surface area contributed by atoms with Crippen molar-refractivity contribution >= 4 is 22.6 Å². The van der Waals surface area contributed by atoms with Gasteiger partial charge in [0.05, 0.1) is 10.5 Å². The van der Waals surface area contributed by atoms with Crippen LogP contribution in [0.25, 0.3) is 10.9 Å². The minimum absolute atomic E-state index is 0.0520. The zero-order valence-corrected chi connectivity index (χ0v) is 8.35. The number of benzene rings is 1. The van der Waals surface area contributed by atoms with Crippen LogP contribution in [0.15, 0.2) is 18.3 Å². The van der Waals surface area contributed by atoms with E-state index < -0.39 is 10.9 Å². The maximum atomic E-state index is 10.9. The summed E-state index contributed by atoms with van der Waals surface area (Å²) in [7, 11) is 0. The topological polar surface area (TPSA) is 96.2 Å². The van der Waals surface area contributed by atoms with Crippen molar-refractivity contribution in [2.45, 2.75) is 6.92 Å². The number of aryl methyl sites for hydroxylation is 1. The maximum absolute atomic E-state index is 10.9. The third kappa shape index (κ3) is 1.31. The highest BCUT2D eigenvalue weighted by molar-refractivity contribution is 6.06. The number of carboxylic acid groups (broad SMARTS) is 1. The number of non-ortho nitro benzene ring substituents is 1. The average molecular weight is 220 g/mol. The molecular weight excluding hydrogens is 212 g/mol. The number of aromatic amines is 1. The Hall–Kier alpha value is -2.37. The number of carbonyl (C=O) groups is 1. The summed E-state index contributed by atoms with van der Waals surface area (Å²) in [6.45, 7) is 1.71. The average Bonchev–Trinajstić information content (AvgIpc) is 2.62. The lowest BCUT2D eigenvalue weighted by molar-refractivity contribution is -0.383. The number of fused-ring (bicyclic) bond motifs is 1. The molecule has 6 heteroatoms. The van der Waals surface area contributed by atoms with Crippen molar-refractivity contribution in [3.63, 3.8) is 0 Å². The molecule has 0 bridgehead atoms. The summed E-state index contributed by atoms with van der Waals surface area (Å²) in [5.41, 5.74) is 0.881. The number of nitro groups is 1. The highest BCUT2D eigenvalue weighted by atomic mass is 16.6. The first-order chi connectivity index (χ1) is 7.52. The SMILES string of the molecule is Cc1ccc([N+](=O)[O-])c2[nH]cc(C(=O)O)c12. The van der Waals surface area contributed by atoms with Gasteiger partial charge in [0.2, 0.25) is 0 Å². The molecule has 2 N–H and O–H groups in total. The van der Waals surface area contributed by atoms with Gasteiger partial charge in [-0.3, -0.25) is 10.1 Å². The van der Waals surface area contributed by atoms with E-state index in [2.05, 4.69) is 4.98 Å². The van der Waals surface area contributed by atoms with Crippen molar-refractivity contribution in [1.29, 1.82) is 0 Å². The Bertz CT molecular complexity index is 600. The van der Waals surface area contributed by atoms with E-state index in [-0.39, 0.29) is 16.8 Å². The predicted octanol–water partition coefficient (Wildman–Crippen LogP) is 2.08. The van der Waals surface area contributed by atoms with Crippen LogP contribution in [-0.4, -0.2) is 21.0 Å². The number of hydrogen-bond acceptors (Lipinski definition) is 3. The molecule has 1 aromatic heterocycles. The fourth-order valence-electron chi connectivity index (χ4n) is 1.73. The molecule has 0 saturated heterocycles. The molecule has 1 aromatic carbocycles. The molecule has 0 aliphatic carbocycles. The Labute approximate surface area is 89.7 Å². The van der Waals surface area contributed by atoms with Crippen LogP contribution in [-0.2, 0) is 0 Å². The summed E-state index contributed by atoms with van der Waals surface area (Å²) >= 11 is 0. The predicted molar refractivity (Wildman–Crippen MR) is 56.6 cm³/mol. The largest absolute Gasteiger partial charge is 0.478 e. The van der Waals surface area contributed by atoms with Gasteiger partial charge < -0.3 is 10.1 Å². The van der Waals surface area contributed by atoms with Crippen molar-refractivity contribution in [2.75, 3.05) is 0 Å². The van der Waals surface area contributed by atoms with Crippen molar-refractivity contribution < 1.29 is 14.8 Å². The van der Waals surface area contributed by atoms with E-state index in [1.54, 1.807) is 13.0 Å². The van der Waals surface area contributed by atoms with Crippen LogP contribution in [0.2, 0.25) is 0 Å². The molecule has 6 nitrogen and oxygen atoms in total. The quantitative estimate of drug-likeness (QED) is 0.598. The van der Waals surface area contributed by atoms with Crippen LogP contribution in [0, 0.1) is 17.0 Å². The standard InChI is InChI=1S/C10H8N2O4/c1-5-2-3-7(12(15)16)9-8(5)6(4-11-9)10(13)14/h2-4,11H,1H3,(H,13,14). The molecule has 2 aromatic rings. The molecule has 0 atom stereocenters. The Morgan fingerprint density at radius 1 is 1.50 bits per heavy atom. The van der Waals surface area contributed by atoms with Crippen LogP contribution in [0.3, 0.4) is 0 Å². The van der Waals surface area contributed by atoms with Gasteiger partial charge in [-0.05, 0) is 12.5 Å². The molecule has 0 saturated carbocycles. The zero-order chi connectivity index (χ0) is 11.9. The molecule has 0 aliphatic heterocycles. The molecule has 0 fully saturated rings. The molecule has 16 heavy (non-hydrogen) atoms. The maximum Gasteiger partial charge on any atom is 0.337 e. The number of aromatic nitrogens is 1. The second kappa shape index (κ2) is 3.34. The second-order valence-electron chi connectivity index (χ2n) is 3.42. The van der Waals surface area contributed by atoms with Crippen LogP contribution < -0.4 is 0 Å². The van der Waals surface area contributed by atoms with Gasteiger partial charge in [0.25, 0.3) is 5.69 Å². The van der Waals surface area contributed by atoms with E-state index in [1.807, 2.05) is 0 Å². The summed E-state index contributed by atoms with van der Waals surface area (Å²) in [6, 6.07) is 2.90. The second-order valence-corrected chi connectivity index (χ2v) is 3.42. The van der Waals surface area contributed by atoms with E-state index >= 15 is 0 Å². The van der Waals surface area contributed by atoms with Gasteiger partial charge in [-0.2, -0.15) is 0 Å². The summed E-state index contributed by atoms with van der Waals surface area (Å²) in [5.74, 6) is -1.10. The van der Waals surface area contributed by atoms with Crippen LogP contribution in [0.4, 0.5) is 5.69 Å². The molecular formula is C10H8N2O4. The number of carboxylic acids is 1. The lowest BCUT2D eigenvalue weighted by Crippen LogP contribution is -1.96. The molecule has 0 amide bonds. The molecule has 0 spiro atoms. The highest BCUT2D eigenvalue weighted by Crippen LogP contribution is 2.29. The summed E-state index contributed by atoms with van der Waals surface area (Å²) in [4.78, 5) is 23.8. The first kappa shape index (κ1) is 10.2.